The molecule has 0 saturated heterocycles. The molecule has 0 radical (unpaired) electrons. The Kier molecular flexibility index (Phi) is 6.92. The van der Waals surface area contributed by atoms with Crippen LogP contribution in [0.4, 0.5) is 0 Å². The van der Waals surface area contributed by atoms with Crippen molar-refractivity contribution in [3.05, 3.63) is 23.0 Å². The Morgan fingerprint density at radius 3 is 2.73 bits per heavy atom. The molecule has 0 aromatic carbocycles. The van der Waals surface area contributed by atoms with Crippen LogP contribution in [-0.2, 0) is 27.0 Å². The molecule has 5 N–H and O–H groups in total. The predicted octanol–water partition coefficient (Wildman–Crippen LogP) is 0.659. The van der Waals surface area contributed by atoms with Crippen molar-refractivity contribution < 1.29 is 33.9 Å². The third kappa shape index (κ3) is 6.50. The number of hydrogen-bond donors (Lipinski definition) is 5. The highest BCUT2D eigenvalue weighted by molar-refractivity contribution is 7.46. The normalized spacial score (nSPS) is 11.6. The summed E-state index contributed by atoms with van der Waals surface area (Å²) in [6.45, 7) is 1.83. The first-order valence-corrected chi connectivity index (χ1v) is 8.02. The van der Waals surface area contributed by atoms with Crippen molar-refractivity contribution in [2.45, 2.75) is 32.9 Å². The molecule has 1 heterocycles. The first-order valence-electron chi connectivity index (χ1n) is 6.49. The van der Waals surface area contributed by atoms with Gasteiger partial charge in [-0.2, -0.15) is 0 Å². The predicted molar refractivity (Wildman–Crippen MR) is 76.0 cm³/mol. The Labute approximate surface area is 127 Å². The van der Waals surface area contributed by atoms with Crippen molar-refractivity contribution >= 4 is 13.8 Å². The molecule has 0 bridgehead atoms. The zero-order chi connectivity index (χ0) is 16.8. The van der Waals surface area contributed by atoms with Gasteiger partial charge in [-0.15, -0.1) is 0 Å². The number of pyridine rings is 1. The monoisotopic (exact) mass is 334 g/mol. The number of carbonyl (C=O) groups is 1. The highest BCUT2D eigenvalue weighted by atomic mass is 31.2. The van der Waals surface area contributed by atoms with Crippen LogP contribution in [0.3, 0.4) is 0 Å². The van der Waals surface area contributed by atoms with Gasteiger partial charge in [0.1, 0.15) is 5.75 Å². The number of aromatic hydroxyl groups is 1. The van der Waals surface area contributed by atoms with Gasteiger partial charge in [-0.1, -0.05) is 0 Å². The quantitative estimate of drug-likeness (QED) is 0.324. The minimum absolute atomic E-state index is 0.0303. The molecule has 1 aromatic heterocycles. The van der Waals surface area contributed by atoms with Gasteiger partial charge in [0.2, 0.25) is 0 Å². The molecule has 0 aliphatic heterocycles. The van der Waals surface area contributed by atoms with E-state index in [0.29, 0.717) is 29.8 Å². The lowest BCUT2D eigenvalue weighted by molar-refractivity contribution is -0.137. The minimum atomic E-state index is -4.62. The topological polar surface area (TPSA) is 149 Å². The lowest BCUT2D eigenvalue weighted by Gasteiger charge is -2.14. The van der Waals surface area contributed by atoms with Crippen molar-refractivity contribution in [1.29, 1.82) is 0 Å². The van der Waals surface area contributed by atoms with Crippen LogP contribution in [0.5, 0.6) is 5.75 Å². The maximum atomic E-state index is 10.7. The van der Waals surface area contributed by atoms with E-state index in [1.807, 2.05) is 0 Å². The number of rotatable bonds is 9. The summed E-state index contributed by atoms with van der Waals surface area (Å²) >= 11 is 0. The van der Waals surface area contributed by atoms with Crippen molar-refractivity contribution in [1.82, 2.24) is 10.3 Å². The van der Waals surface area contributed by atoms with Gasteiger partial charge in [0.25, 0.3) is 0 Å². The number of phosphoric acid groups is 1. The molecular formula is C12H19N2O7P. The number of nitrogens with one attached hydrogen (secondary N) is 1. The number of carboxylic acids is 1. The number of aliphatic carboxylic acids is 1. The number of nitrogens with zero attached hydrogens (tertiary/aromatic N) is 1. The molecule has 22 heavy (non-hydrogen) atoms. The molecular weight excluding hydrogens is 315 g/mol. The molecule has 0 amide bonds. The van der Waals surface area contributed by atoms with Gasteiger partial charge >= 0.3 is 13.8 Å². The van der Waals surface area contributed by atoms with E-state index in [9.17, 15) is 14.5 Å². The van der Waals surface area contributed by atoms with Gasteiger partial charge in [0.05, 0.1) is 12.3 Å². The molecule has 0 aliphatic rings. The highest BCUT2D eigenvalue weighted by Crippen LogP contribution is 2.38. The second-order valence-corrected chi connectivity index (χ2v) is 5.87. The fourth-order valence-electron chi connectivity index (χ4n) is 1.74. The van der Waals surface area contributed by atoms with Crippen molar-refractivity contribution in [2.75, 3.05) is 6.54 Å². The molecule has 1 aromatic rings. The molecule has 9 nitrogen and oxygen atoms in total. The third-order valence-corrected chi connectivity index (χ3v) is 3.33. The first-order chi connectivity index (χ1) is 10.2. The van der Waals surface area contributed by atoms with Crippen LogP contribution in [0.25, 0.3) is 0 Å². The molecule has 10 heteroatoms. The summed E-state index contributed by atoms with van der Waals surface area (Å²) in [5, 5.41) is 21.5. The number of phosphoric ester groups is 1. The highest BCUT2D eigenvalue weighted by Gasteiger charge is 2.17. The maximum Gasteiger partial charge on any atom is 0.469 e. The van der Waals surface area contributed by atoms with Gasteiger partial charge in [-0.05, 0) is 19.9 Å². The Morgan fingerprint density at radius 1 is 1.45 bits per heavy atom. The largest absolute Gasteiger partial charge is 0.506 e. The van der Waals surface area contributed by atoms with E-state index in [2.05, 4.69) is 14.8 Å². The van der Waals surface area contributed by atoms with Crippen LogP contribution in [-0.4, -0.2) is 37.5 Å². The molecule has 0 aliphatic carbocycles. The van der Waals surface area contributed by atoms with Gasteiger partial charge in [0.15, 0.2) is 0 Å². The second kappa shape index (κ2) is 8.21. The Hall–Kier alpha value is -1.51. The van der Waals surface area contributed by atoms with Crippen LogP contribution in [0.2, 0.25) is 0 Å². The van der Waals surface area contributed by atoms with Gasteiger partial charge < -0.3 is 25.3 Å². The number of aromatic nitrogens is 1. The standard InChI is InChI=1S/C12H19N2O7P/c1-8-12(17)10(6-13-4-2-3-11(15)16)9(5-14-8)7-21-22(18,19)20/h5,13,17H,2-4,6-7H2,1H3,(H,15,16)(H2,18,19,20). The van der Waals surface area contributed by atoms with E-state index >= 15 is 0 Å². The van der Waals surface area contributed by atoms with Crippen molar-refractivity contribution in [2.24, 2.45) is 0 Å². The fourth-order valence-corrected chi connectivity index (χ4v) is 2.04. The van der Waals surface area contributed by atoms with Crippen molar-refractivity contribution in [3.8, 4) is 5.75 Å². The van der Waals surface area contributed by atoms with Gasteiger partial charge in [-0.3, -0.25) is 14.3 Å². The number of hydrogen-bond acceptors (Lipinski definition) is 6. The Bertz CT molecular complexity index is 573. The summed E-state index contributed by atoms with van der Waals surface area (Å²) < 4.78 is 15.2. The fraction of sp³-hybridized carbons (Fsp3) is 0.500. The smallest absolute Gasteiger partial charge is 0.469 e. The first kappa shape index (κ1) is 18.5. The van der Waals surface area contributed by atoms with Crippen molar-refractivity contribution in [3.63, 3.8) is 0 Å². The summed E-state index contributed by atoms with van der Waals surface area (Å²) in [7, 11) is -4.62. The average Bonchev–Trinajstić information content (AvgIpc) is 2.40. The zero-order valence-electron chi connectivity index (χ0n) is 12.0. The summed E-state index contributed by atoms with van der Waals surface area (Å²) in [5.74, 6) is -0.974. The van der Waals surface area contributed by atoms with Gasteiger partial charge in [0, 0.05) is 30.3 Å². The van der Waals surface area contributed by atoms with E-state index < -0.39 is 20.4 Å². The molecule has 0 atom stereocenters. The van der Waals surface area contributed by atoms with Crippen LogP contribution in [0.1, 0.15) is 29.7 Å². The summed E-state index contributed by atoms with van der Waals surface area (Å²) in [5.41, 5.74) is 1.13. The minimum Gasteiger partial charge on any atom is -0.506 e. The van der Waals surface area contributed by atoms with Crippen LogP contribution in [0.15, 0.2) is 6.20 Å². The lowest BCUT2D eigenvalue weighted by atomic mass is 10.1. The van der Waals surface area contributed by atoms with E-state index in [4.69, 9.17) is 14.9 Å². The lowest BCUT2D eigenvalue weighted by Crippen LogP contribution is -2.17. The van der Waals surface area contributed by atoms with E-state index in [1.165, 1.54) is 6.20 Å². The third-order valence-electron chi connectivity index (χ3n) is 2.86. The molecule has 0 fully saturated rings. The maximum absolute atomic E-state index is 10.7. The van der Waals surface area contributed by atoms with Crippen LogP contribution < -0.4 is 5.32 Å². The molecule has 124 valence electrons. The Balaban J connectivity index is 2.71. The zero-order valence-corrected chi connectivity index (χ0v) is 12.9. The van der Waals surface area contributed by atoms with Crippen LogP contribution in [0, 0.1) is 6.92 Å². The second-order valence-electron chi connectivity index (χ2n) is 4.63. The Morgan fingerprint density at radius 2 is 2.14 bits per heavy atom. The molecule has 0 unspecified atom stereocenters. The van der Waals surface area contributed by atoms with E-state index in [1.54, 1.807) is 6.92 Å². The summed E-state index contributed by atoms with van der Waals surface area (Å²) in [6, 6.07) is 0. The number of aryl methyl sites for hydroxylation is 1. The number of carboxylic acid groups (broad SMARTS) is 1. The summed E-state index contributed by atoms with van der Waals surface area (Å²) in [4.78, 5) is 31.8. The molecule has 0 spiro atoms. The SMILES string of the molecule is Cc1ncc(COP(=O)(O)O)c(CNCCCC(=O)O)c1O. The van der Waals surface area contributed by atoms with Crippen LogP contribution >= 0.6 is 7.82 Å². The van der Waals surface area contributed by atoms with E-state index in [-0.39, 0.29) is 18.7 Å². The summed E-state index contributed by atoms with van der Waals surface area (Å²) in [6.07, 6.45) is 1.83. The molecule has 1 rings (SSSR count). The molecule has 0 saturated carbocycles. The van der Waals surface area contributed by atoms with Gasteiger partial charge in [-0.25, -0.2) is 4.57 Å². The van der Waals surface area contributed by atoms with E-state index in [0.717, 1.165) is 0 Å². The average molecular weight is 334 g/mol.